The predicted octanol–water partition coefficient (Wildman–Crippen LogP) is 2.87. The molecular weight excluding hydrogens is 226 g/mol. The first-order valence-corrected chi connectivity index (χ1v) is 6.72. The third-order valence-corrected chi connectivity index (χ3v) is 3.56. The van der Waals surface area contributed by atoms with Crippen LogP contribution in [-0.4, -0.2) is 37.7 Å². The maximum atomic E-state index is 5.89. The lowest BCUT2D eigenvalue weighted by molar-refractivity contribution is 0.169. The first-order valence-electron chi connectivity index (χ1n) is 6.72. The first-order chi connectivity index (χ1) is 8.70. The summed E-state index contributed by atoms with van der Waals surface area (Å²) < 4.78 is 11.2. The van der Waals surface area contributed by atoms with Gasteiger partial charge in [0, 0.05) is 6.04 Å². The summed E-state index contributed by atoms with van der Waals surface area (Å²) in [5.41, 5.74) is 1.19. The van der Waals surface area contributed by atoms with Crippen LogP contribution in [0.25, 0.3) is 0 Å². The number of hydrogen-bond acceptors (Lipinski definition) is 3. The van der Waals surface area contributed by atoms with E-state index in [9.17, 15) is 0 Å². The van der Waals surface area contributed by atoms with E-state index in [2.05, 4.69) is 24.8 Å². The number of rotatable bonds is 5. The van der Waals surface area contributed by atoms with E-state index in [4.69, 9.17) is 9.47 Å². The Hall–Kier alpha value is -1.22. The molecule has 1 fully saturated rings. The van der Waals surface area contributed by atoms with Crippen molar-refractivity contribution < 1.29 is 9.47 Å². The van der Waals surface area contributed by atoms with E-state index in [0.717, 1.165) is 18.1 Å². The largest absolute Gasteiger partial charge is 0.493 e. The molecule has 3 heteroatoms. The van der Waals surface area contributed by atoms with Crippen LogP contribution in [0.3, 0.4) is 0 Å². The van der Waals surface area contributed by atoms with Gasteiger partial charge in [-0.05, 0) is 57.5 Å². The highest BCUT2D eigenvalue weighted by atomic mass is 16.5. The van der Waals surface area contributed by atoms with Crippen LogP contribution in [0, 0.1) is 6.92 Å². The van der Waals surface area contributed by atoms with Crippen molar-refractivity contribution in [1.29, 1.82) is 0 Å². The predicted molar refractivity (Wildman–Crippen MR) is 73.5 cm³/mol. The van der Waals surface area contributed by atoms with Gasteiger partial charge in [-0.2, -0.15) is 0 Å². The van der Waals surface area contributed by atoms with Crippen LogP contribution in [0.4, 0.5) is 0 Å². The van der Waals surface area contributed by atoms with E-state index < -0.39 is 0 Å². The van der Waals surface area contributed by atoms with Gasteiger partial charge < -0.3 is 9.47 Å². The Labute approximate surface area is 110 Å². The summed E-state index contributed by atoms with van der Waals surface area (Å²) in [4.78, 5) is 2.49. The molecule has 0 aliphatic carbocycles. The SMILES string of the molecule is COc1cc(C)ccc1OCC(C)N1CCCC1. The zero-order valence-corrected chi connectivity index (χ0v) is 11.6. The second kappa shape index (κ2) is 6.10. The van der Waals surface area contributed by atoms with E-state index in [0.29, 0.717) is 6.04 Å². The van der Waals surface area contributed by atoms with Gasteiger partial charge in [-0.15, -0.1) is 0 Å². The van der Waals surface area contributed by atoms with Gasteiger partial charge in [-0.1, -0.05) is 6.07 Å². The zero-order valence-electron chi connectivity index (χ0n) is 11.6. The lowest BCUT2D eigenvalue weighted by Gasteiger charge is -2.24. The molecule has 1 saturated heterocycles. The number of benzene rings is 1. The molecule has 0 aromatic heterocycles. The summed E-state index contributed by atoms with van der Waals surface area (Å²) in [7, 11) is 1.69. The molecular formula is C15H23NO2. The Morgan fingerprint density at radius 2 is 1.94 bits per heavy atom. The highest BCUT2D eigenvalue weighted by Crippen LogP contribution is 2.28. The summed E-state index contributed by atoms with van der Waals surface area (Å²) in [5, 5.41) is 0. The van der Waals surface area contributed by atoms with Gasteiger partial charge in [0.05, 0.1) is 7.11 Å². The molecule has 2 rings (SSSR count). The van der Waals surface area contributed by atoms with Crippen LogP contribution in [0.15, 0.2) is 18.2 Å². The van der Waals surface area contributed by atoms with Crippen molar-refractivity contribution in [1.82, 2.24) is 4.90 Å². The van der Waals surface area contributed by atoms with Gasteiger partial charge >= 0.3 is 0 Å². The minimum Gasteiger partial charge on any atom is -0.493 e. The average molecular weight is 249 g/mol. The van der Waals surface area contributed by atoms with Gasteiger partial charge in [0.1, 0.15) is 6.61 Å². The number of hydrogen-bond donors (Lipinski definition) is 0. The molecule has 100 valence electrons. The molecule has 0 spiro atoms. The minimum atomic E-state index is 0.471. The molecule has 1 aliphatic rings. The molecule has 18 heavy (non-hydrogen) atoms. The molecule has 1 atom stereocenters. The third kappa shape index (κ3) is 3.16. The standard InChI is InChI=1S/C15H23NO2/c1-12-6-7-14(15(10-12)17-3)18-11-13(2)16-8-4-5-9-16/h6-7,10,13H,4-5,8-9,11H2,1-3H3. The first kappa shape index (κ1) is 13.2. The highest BCUT2D eigenvalue weighted by Gasteiger charge is 2.18. The lowest BCUT2D eigenvalue weighted by Crippen LogP contribution is -2.34. The van der Waals surface area contributed by atoms with Crippen molar-refractivity contribution in [3.05, 3.63) is 23.8 Å². The van der Waals surface area contributed by atoms with E-state index in [-0.39, 0.29) is 0 Å². The van der Waals surface area contributed by atoms with Crippen molar-refractivity contribution in [3.63, 3.8) is 0 Å². The smallest absolute Gasteiger partial charge is 0.161 e. The second-order valence-corrected chi connectivity index (χ2v) is 5.06. The van der Waals surface area contributed by atoms with Gasteiger partial charge in [0.25, 0.3) is 0 Å². The number of methoxy groups -OCH3 is 1. The second-order valence-electron chi connectivity index (χ2n) is 5.06. The van der Waals surface area contributed by atoms with Crippen molar-refractivity contribution in [3.8, 4) is 11.5 Å². The maximum Gasteiger partial charge on any atom is 0.161 e. The Bertz CT molecular complexity index is 386. The van der Waals surface area contributed by atoms with E-state index in [1.165, 1.54) is 31.5 Å². The Morgan fingerprint density at radius 1 is 1.22 bits per heavy atom. The monoisotopic (exact) mass is 249 g/mol. The quantitative estimate of drug-likeness (QED) is 0.801. The molecule has 0 bridgehead atoms. The van der Waals surface area contributed by atoms with Gasteiger partial charge in [-0.25, -0.2) is 0 Å². The number of likely N-dealkylation sites (tertiary alicyclic amines) is 1. The van der Waals surface area contributed by atoms with Crippen LogP contribution in [-0.2, 0) is 0 Å². The minimum absolute atomic E-state index is 0.471. The molecule has 3 nitrogen and oxygen atoms in total. The Morgan fingerprint density at radius 3 is 2.61 bits per heavy atom. The van der Waals surface area contributed by atoms with E-state index >= 15 is 0 Å². The summed E-state index contributed by atoms with van der Waals surface area (Å²) in [6.07, 6.45) is 2.64. The van der Waals surface area contributed by atoms with Crippen LogP contribution < -0.4 is 9.47 Å². The third-order valence-electron chi connectivity index (χ3n) is 3.56. The van der Waals surface area contributed by atoms with Crippen LogP contribution >= 0.6 is 0 Å². The van der Waals surface area contributed by atoms with Crippen LogP contribution in [0.2, 0.25) is 0 Å². The van der Waals surface area contributed by atoms with E-state index in [1.54, 1.807) is 7.11 Å². The van der Waals surface area contributed by atoms with Crippen LogP contribution in [0.1, 0.15) is 25.3 Å². The van der Waals surface area contributed by atoms with Crippen molar-refractivity contribution in [2.24, 2.45) is 0 Å². The fraction of sp³-hybridized carbons (Fsp3) is 0.600. The average Bonchev–Trinajstić information content (AvgIpc) is 2.90. The molecule has 1 aromatic rings. The van der Waals surface area contributed by atoms with Gasteiger partial charge in [0.15, 0.2) is 11.5 Å². The fourth-order valence-corrected chi connectivity index (χ4v) is 2.39. The number of ether oxygens (including phenoxy) is 2. The molecule has 1 heterocycles. The van der Waals surface area contributed by atoms with Crippen molar-refractivity contribution in [2.75, 3.05) is 26.8 Å². The zero-order chi connectivity index (χ0) is 13.0. The summed E-state index contributed by atoms with van der Waals surface area (Å²) in [6.45, 7) is 7.41. The van der Waals surface area contributed by atoms with Crippen molar-refractivity contribution in [2.45, 2.75) is 32.7 Å². The fourth-order valence-electron chi connectivity index (χ4n) is 2.39. The molecule has 1 unspecified atom stereocenters. The van der Waals surface area contributed by atoms with Gasteiger partial charge in [0.2, 0.25) is 0 Å². The number of nitrogens with zero attached hydrogens (tertiary/aromatic N) is 1. The summed E-state index contributed by atoms with van der Waals surface area (Å²) in [6, 6.07) is 6.53. The topological polar surface area (TPSA) is 21.7 Å². The maximum absolute atomic E-state index is 5.89. The lowest BCUT2D eigenvalue weighted by atomic mass is 10.2. The summed E-state index contributed by atoms with van der Waals surface area (Å²) >= 11 is 0. The highest BCUT2D eigenvalue weighted by molar-refractivity contribution is 5.42. The number of aryl methyl sites for hydroxylation is 1. The molecule has 0 radical (unpaired) electrons. The molecule has 0 saturated carbocycles. The molecule has 0 amide bonds. The Kier molecular flexibility index (Phi) is 4.48. The van der Waals surface area contributed by atoms with Crippen LogP contribution in [0.5, 0.6) is 11.5 Å². The summed E-state index contributed by atoms with van der Waals surface area (Å²) in [5.74, 6) is 1.66. The molecule has 1 aromatic carbocycles. The molecule has 0 N–H and O–H groups in total. The van der Waals surface area contributed by atoms with E-state index in [1.807, 2.05) is 12.1 Å². The molecule has 1 aliphatic heterocycles. The van der Waals surface area contributed by atoms with Crippen molar-refractivity contribution >= 4 is 0 Å². The van der Waals surface area contributed by atoms with Gasteiger partial charge in [-0.3, -0.25) is 4.90 Å². The normalized spacial score (nSPS) is 17.7. The Balaban J connectivity index is 1.92.